The van der Waals surface area contributed by atoms with Crippen molar-refractivity contribution in [2.75, 3.05) is 4.90 Å². The summed E-state index contributed by atoms with van der Waals surface area (Å²) in [5, 5.41) is 6.95. The molecule has 12 rings (SSSR count). The number of furan rings is 2. The summed E-state index contributed by atoms with van der Waals surface area (Å²) in [6.45, 7) is 0. The fourth-order valence-corrected chi connectivity index (χ4v) is 9.22. The molecule has 12 aromatic rings. The van der Waals surface area contributed by atoms with Crippen LogP contribution in [0, 0.1) is 0 Å². The number of benzene rings is 10. The summed E-state index contributed by atoms with van der Waals surface area (Å²) in [6.07, 6.45) is 0. The van der Waals surface area contributed by atoms with Crippen LogP contribution in [0.2, 0.25) is 0 Å². The number of hydrogen-bond acceptors (Lipinski definition) is 3. The van der Waals surface area contributed by atoms with Crippen molar-refractivity contribution < 1.29 is 8.83 Å². The predicted molar refractivity (Wildman–Crippen MR) is 255 cm³/mol. The molecule has 10 aromatic carbocycles. The number of fused-ring (bicyclic) bond motifs is 7. The third-order valence-electron chi connectivity index (χ3n) is 12.1. The van der Waals surface area contributed by atoms with Crippen LogP contribution in [0.3, 0.4) is 0 Å². The summed E-state index contributed by atoms with van der Waals surface area (Å²) in [4.78, 5) is 2.38. The number of rotatable bonds is 7. The first-order chi connectivity index (χ1) is 30.2. The van der Waals surface area contributed by atoms with E-state index < -0.39 is 0 Å². The largest absolute Gasteiger partial charge is 0.455 e. The number of hydrogen-bond donors (Lipinski definition) is 0. The van der Waals surface area contributed by atoms with Gasteiger partial charge in [-0.05, 0) is 87.1 Å². The molecular formula is C58H37NO2. The van der Waals surface area contributed by atoms with Gasteiger partial charge in [0.05, 0.1) is 5.69 Å². The maximum absolute atomic E-state index is 6.63. The summed E-state index contributed by atoms with van der Waals surface area (Å²) in [5.41, 5.74) is 15.7. The SMILES string of the molecule is c1cc(-c2cccc(N(c3ccc(-c4cccc5c4oc4ccccc45)cc3)c3ccccc3-c3cccc4c3oc3ccccc34)c2)cc(-c2cccc3ccccc23)c1. The smallest absolute Gasteiger partial charge is 0.143 e. The van der Waals surface area contributed by atoms with Crippen LogP contribution in [0.25, 0.3) is 99.2 Å². The van der Waals surface area contributed by atoms with E-state index in [-0.39, 0.29) is 0 Å². The van der Waals surface area contributed by atoms with Crippen LogP contribution in [0.1, 0.15) is 0 Å². The van der Waals surface area contributed by atoms with Crippen LogP contribution in [0.5, 0.6) is 0 Å². The lowest BCUT2D eigenvalue weighted by molar-refractivity contribution is 0.669. The highest BCUT2D eigenvalue weighted by molar-refractivity contribution is 6.11. The molecule has 0 unspecified atom stereocenters. The van der Waals surface area contributed by atoms with Crippen LogP contribution < -0.4 is 4.90 Å². The quantitative estimate of drug-likeness (QED) is 0.161. The van der Waals surface area contributed by atoms with E-state index in [1.165, 1.54) is 21.9 Å². The Morgan fingerprint density at radius 1 is 0.279 bits per heavy atom. The molecule has 286 valence electrons. The van der Waals surface area contributed by atoms with Gasteiger partial charge in [0.1, 0.15) is 22.3 Å². The van der Waals surface area contributed by atoms with Gasteiger partial charge in [-0.1, -0.05) is 176 Å². The van der Waals surface area contributed by atoms with Crippen LogP contribution in [0.15, 0.2) is 233 Å². The van der Waals surface area contributed by atoms with Gasteiger partial charge in [0.2, 0.25) is 0 Å². The van der Waals surface area contributed by atoms with Gasteiger partial charge < -0.3 is 13.7 Å². The molecule has 0 spiro atoms. The van der Waals surface area contributed by atoms with E-state index in [1.807, 2.05) is 24.3 Å². The Hall–Kier alpha value is -8.14. The lowest BCUT2D eigenvalue weighted by Gasteiger charge is -2.28. The van der Waals surface area contributed by atoms with Gasteiger partial charge in [-0.25, -0.2) is 0 Å². The highest BCUT2D eigenvalue weighted by atomic mass is 16.3. The molecule has 0 fully saturated rings. The van der Waals surface area contributed by atoms with Gasteiger partial charge in [0.25, 0.3) is 0 Å². The fourth-order valence-electron chi connectivity index (χ4n) is 9.22. The van der Waals surface area contributed by atoms with Crippen LogP contribution in [-0.2, 0) is 0 Å². The summed E-state index contributed by atoms with van der Waals surface area (Å²) >= 11 is 0. The zero-order valence-electron chi connectivity index (χ0n) is 33.1. The van der Waals surface area contributed by atoms with Gasteiger partial charge in [-0.3, -0.25) is 0 Å². The minimum atomic E-state index is 0.879. The van der Waals surface area contributed by atoms with E-state index in [2.05, 4.69) is 205 Å². The maximum Gasteiger partial charge on any atom is 0.143 e. The van der Waals surface area contributed by atoms with Crippen molar-refractivity contribution >= 4 is 71.7 Å². The molecule has 2 heterocycles. The monoisotopic (exact) mass is 779 g/mol. The third kappa shape index (κ3) is 5.90. The molecule has 0 radical (unpaired) electrons. The summed E-state index contributed by atoms with van der Waals surface area (Å²) < 4.78 is 13.1. The molecule has 2 aromatic heterocycles. The van der Waals surface area contributed by atoms with Gasteiger partial charge in [0.15, 0.2) is 0 Å². The summed E-state index contributed by atoms with van der Waals surface area (Å²) in [7, 11) is 0. The summed E-state index contributed by atoms with van der Waals surface area (Å²) in [5.74, 6) is 0. The summed E-state index contributed by atoms with van der Waals surface area (Å²) in [6, 6.07) is 79.9. The van der Waals surface area contributed by atoms with E-state index in [4.69, 9.17) is 8.83 Å². The Labute approximate surface area is 353 Å². The zero-order valence-corrected chi connectivity index (χ0v) is 33.1. The number of anilines is 3. The lowest BCUT2D eigenvalue weighted by Crippen LogP contribution is -2.11. The number of nitrogens with zero attached hydrogens (tertiary/aromatic N) is 1. The van der Waals surface area contributed by atoms with Gasteiger partial charge in [-0.15, -0.1) is 0 Å². The minimum absolute atomic E-state index is 0.879. The first kappa shape index (κ1) is 34.9. The molecule has 0 aliphatic carbocycles. The Bertz CT molecular complexity index is 3600. The van der Waals surface area contributed by atoms with Gasteiger partial charge >= 0.3 is 0 Å². The standard InChI is InChI=1S/C58H37NO2/c1-2-20-45-38(14-1)15-11-24-46(45)42-18-9-16-40(36-42)41-17-10-19-44(37-41)59(43-34-32-39(33-35-43)47-25-12-27-52-49-22-4-7-30-55(49)60-57(47)52)54-29-6-3-21-48(54)51-26-13-28-53-50-23-5-8-31-56(50)61-58(51)53/h1-37H. The first-order valence-corrected chi connectivity index (χ1v) is 20.7. The van der Waals surface area contributed by atoms with Gasteiger partial charge in [-0.2, -0.15) is 0 Å². The Balaban J connectivity index is 1.02. The van der Waals surface area contributed by atoms with Crippen molar-refractivity contribution in [3.8, 4) is 44.5 Å². The van der Waals surface area contributed by atoms with Crippen molar-refractivity contribution in [3.05, 3.63) is 224 Å². The highest BCUT2D eigenvalue weighted by Gasteiger charge is 2.21. The van der Waals surface area contributed by atoms with E-state index in [0.29, 0.717) is 0 Å². The maximum atomic E-state index is 6.63. The highest BCUT2D eigenvalue weighted by Crippen LogP contribution is 2.46. The van der Waals surface area contributed by atoms with Crippen LogP contribution >= 0.6 is 0 Å². The molecule has 0 saturated carbocycles. The molecule has 3 nitrogen and oxygen atoms in total. The molecule has 3 heteroatoms. The molecular weight excluding hydrogens is 743 g/mol. The predicted octanol–water partition coefficient (Wildman–Crippen LogP) is 16.8. The third-order valence-corrected chi connectivity index (χ3v) is 12.1. The molecule has 0 aliphatic rings. The topological polar surface area (TPSA) is 29.5 Å². The Kier molecular flexibility index (Phi) is 8.17. The second-order valence-corrected chi connectivity index (χ2v) is 15.6. The second-order valence-electron chi connectivity index (χ2n) is 15.6. The van der Waals surface area contributed by atoms with Crippen molar-refractivity contribution in [1.29, 1.82) is 0 Å². The molecule has 0 amide bonds. The van der Waals surface area contributed by atoms with Crippen molar-refractivity contribution in [1.82, 2.24) is 0 Å². The van der Waals surface area contributed by atoms with E-state index in [1.54, 1.807) is 0 Å². The van der Waals surface area contributed by atoms with Crippen molar-refractivity contribution in [2.45, 2.75) is 0 Å². The van der Waals surface area contributed by atoms with E-state index in [9.17, 15) is 0 Å². The molecule has 0 N–H and O–H groups in total. The Morgan fingerprint density at radius 3 is 1.56 bits per heavy atom. The molecule has 0 atom stereocenters. The van der Waals surface area contributed by atoms with Crippen LogP contribution in [-0.4, -0.2) is 0 Å². The van der Waals surface area contributed by atoms with Crippen molar-refractivity contribution in [3.63, 3.8) is 0 Å². The minimum Gasteiger partial charge on any atom is -0.455 e. The average molecular weight is 780 g/mol. The molecule has 61 heavy (non-hydrogen) atoms. The zero-order chi connectivity index (χ0) is 40.3. The molecule has 0 saturated heterocycles. The van der Waals surface area contributed by atoms with E-state index >= 15 is 0 Å². The van der Waals surface area contributed by atoms with E-state index in [0.717, 1.165) is 94.3 Å². The molecule has 0 aliphatic heterocycles. The average Bonchev–Trinajstić information content (AvgIpc) is 3.91. The molecule has 0 bridgehead atoms. The lowest BCUT2D eigenvalue weighted by atomic mass is 9.95. The normalized spacial score (nSPS) is 11.6. The fraction of sp³-hybridized carbons (Fsp3) is 0. The van der Waals surface area contributed by atoms with Gasteiger partial charge in [0, 0.05) is 49.6 Å². The number of para-hydroxylation sites is 5. The Morgan fingerprint density at radius 2 is 0.787 bits per heavy atom. The first-order valence-electron chi connectivity index (χ1n) is 20.7. The van der Waals surface area contributed by atoms with Crippen molar-refractivity contribution in [2.24, 2.45) is 0 Å². The second kappa shape index (κ2) is 14.3. The van der Waals surface area contributed by atoms with Crippen LogP contribution in [0.4, 0.5) is 17.1 Å².